The molecule has 2 aromatic rings. The summed E-state index contributed by atoms with van der Waals surface area (Å²) in [7, 11) is 3.09. The Morgan fingerprint density at radius 2 is 1.82 bits per heavy atom. The highest BCUT2D eigenvalue weighted by atomic mass is 16.5. The van der Waals surface area contributed by atoms with Crippen molar-refractivity contribution >= 4 is 5.91 Å². The summed E-state index contributed by atoms with van der Waals surface area (Å²) in [6.07, 6.45) is 0.597. The van der Waals surface area contributed by atoms with Gasteiger partial charge in [0.1, 0.15) is 17.3 Å². The fourth-order valence-electron chi connectivity index (χ4n) is 2.14. The number of ether oxygens (including phenoxy) is 2. The number of carbonyl (C=O) groups is 1. The summed E-state index contributed by atoms with van der Waals surface area (Å²) in [6, 6.07) is 5.06. The van der Waals surface area contributed by atoms with Crippen LogP contribution >= 0.6 is 0 Å². The number of carbonyl (C=O) groups excluding carboxylic acids is 1. The minimum absolute atomic E-state index is 0.189. The number of hydrogen-bond donors (Lipinski definition) is 1. The molecule has 6 nitrogen and oxygen atoms in total. The highest BCUT2D eigenvalue weighted by Gasteiger charge is 2.11. The quantitative estimate of drug-likeness (QED) is 0.886. The van der Waals surface area contributed by atoms with E-state index in [-0.39, 0.29) is 5.91 Å². The number of nitrogens with zero attached hydrogens (tertiary/aromatic N) is 1. The standard InChI is InChI=1S/C16H20N2O4/c1-10-15(22-11(2)18-10)5-6-17-16(19)12-7-13(20-3)9-14(8-12)21-4/h7-9H,5-6H2,1-4H3,(H,17,19). The van der Waals surface area contributed by atoms with Crippen LogP contribution in [0.1, 0.15) is 27.7 Å². The summed E-state index contributed by atoms with van der Waals surface area (Å²) in [5, 5.41) is 2.85. The van der Waals surface area contributed by atoms with Crippen LogP contribution in [0.15, 0.2) is 22.6 Å². The zero-order valence-corrected chi connectivity index (χ0v) is 13.2. The number of rotatable bonds is 6. The lowest BCUT2D eigenvalue weighted by atomic mass is 10.2. The molecule has 6 heteroatoms. The van der Waals surface area contributed by atoms with Gasteiger partial charge in [-0.2, -0.15) is 0 Å². The van der Waals surface area contributed by atoms with Crippen LogP contribution in [0.2, 0.25) is 0 Å². The average molecular weight is 304 g/mol. The Labute approximate surface area is 129 Å². The highest BCUT2D eigenvalue weighted by molar-refractivity contribution is 5.95. The molecule has 0 fully saturated rings. The van der Waals surface area contributed by atoms with Crippen LogP contribution < -0.4 is 14.8 Å². The maximum Gasteiger partial charge on any atom is 0.251 e. The molecule has 0 atom stereocenters. The van der Waals surface area contributed by atoms with E-state index in [1.165, 1.54) is 0 Å². The van der Waals surface area contributed by atoms with Crippen molar-refractivity contribution in [2.45, 2.75) is 20.3 Å². The molecule has 118 valence electrons. The third-order valence-electron chi connectivity index (χ3n) is 3.25. The van der Waals surface area contributed by atoms with Crippen molar-refractivity contribution in [3.8, 4) is 11.5 Å². The molecule has 1 aromatic carbocycles. The maximum absolute atomic E-state index is 12.2. The number of methoxy groups -OCH3 is 2. The van der Waals surface area contributed by atoms with Crippen LogP contribution in [0.5, 0.6) is 11.5 Å². The van der Waals surface area contributed by atoms with E-state index in [0.717, 1.165) is 11.5 Å². The van der Waals surface area contributed by atoms with Crippen LogP contribution in [-0.2, 0) is 6.42 Å². The molecule has 0 saturated heterocycles. The van der Waals surface area contributed by atoms with Gasteiger partial charge in [-0.3, -0.25) is 4.79 Å². The summed E-state index contributed by atoms with van der Waals surface area (Å²) in [5.41, 5.74) is 1.34. The lowest BCUT2D eigenvalue weighted by molar-refractivity contribution is 0.0953. The fraction of sp³-hybridized carbons (Fsp3) is 0.375. The van der Waals surface area contributed by atoms with Gasteiger partial charge in [-0.05, 0) is 19.1 Å². The largest absolute Gasteiger partial charge is 0.497 e. The first kappa shape index (κ1) is 15.9. The van der Waals surface area contributed by atoms with Crippen molar-refractivity contribution < 1.29 is 18.7 Å². The van der Waals surface area contributed by atoms with Gasteiger partial charge in [-0.1, -0.05) is 0 Å². The Morgan fingerprint density at radius 1 is 1.18 bits per heavy atom. The first-order chi connectivity index (χ1) is 10.5. The Morgan fingerprint density at radius 3 is 2.32 bits per heavy atom. The average Bonchev–Trinajstić information content (AvgIpc) is 2.84. The molecular formula is C16H20N2O4. The molecule has 0 aliphatic carbocycles. The van der Waals surface area contributed by atoms with Gasteiger partial charge in [0.15, 0.2) is 5.89 Å². The van der Waals surface area contributed by atoms with Crippen molar-refractivity contribution in [2.75, 3.05) is 20.8 Å². The molecule has 0 saturated carbocycles. The summed E-state index contributed by atoms with van der Waals surface area (Å²) < 4.78 is 15.8. The molecule has 2 rings (SSSR count). The molecule has 1 amide bonds. The van der Waals surface area contributed by atoms with Gasteiger partial charge >= 0.3 is 0 Å². The van der Waals surface area contributed by atoms with Gasteiger partial charge < -0.3 is 19.2 Å². The van der Waals surface area contributed by atoms with E-state index in [9.17, 15) is 4.79 Å². The number of hydrogen-bond acceptors (Lipinski definition) is 5. The van der Waals surface area contributed by atoms with E-state index in [2.05, 4.69) is 10.3 Å². The topological polar surface area (TPSA) is 73.6 Å². The van der Waals surface area contributed by atoms with Crippen molar-refractivity contribution in [1.82, 2.24) is 10.3 Å². The second-order valence-corrected chi connectivity index (χ2v) is 4.85. The van der Waals surface area contributed by atoms with Crippen LogP contribution in [0.3, 0.4) is 0 Å². The molecule has 1 heterocycles. The Kier molecular flexibility index (Phi) is 5.04. The minimum Gasteiger partial charge on any atom is -0.497 e. The molecule has 1 N–H and O–H groups in total. The minimum atomic E-state index is -0.189. The molecule has 0 spiro atoms. The third-order valence-corrected chi connectivity index (χ3v) is 3.25. The number of aromatic nitrogens is 1. The molecule has 0 aliphatic heterocycles. The van der Waals surface area contributed by atoms with E-state index in [4.69, 9.17) is 13.9 Å². The maximum atomic E-state index is 12.2. The number of nitrogens with one attached hydrogen (secondary N) is 1. The monoisotopic (exact) mass is 304 g/mol. The van der Waals surface area contributed by atoms with E-state index < -0.39 is 0 Å². The Hall–Kier alpha value is -2.50. The number of amides is 1. The first-order valence-electron chi connectivity index (χ1n) is 6.97. The van der Waals surface area contributed by atoms with E-state index in [1.54, 1.807) is 39.3 Å². The SMILES string of the molecule is COc1cc(OC)cc(C(=O)NCCc2oc(C)nc2C)c1. The van der Waals surface area contributed by atoms with E-state index >= 15 is 0 Å². The summed E-state index contributed by atoms with van der Waals surface area (Å²) in [5.74, 6) is 2.39. The zero-order chi connectivity index (χ0) is 16.1. The molecule has 0 bridgehead atoms. The molecule has 0 aliphatic rings. The highest BCUT2D eigenvalue weighted by Crippen LogP contribution is 2.22. The van der Waals surface area contributed by atoms with Gasteiger partial charge in [-0.25, -0.2) is 4.98 Å². The smallest absolute Gasteiger partial charge is 0.251 e. The van der Waals surface area contributed by atoms with Gasteiger partial charge in [-0.15, -0.1) is 0 Å². The molecule has 1 aromatic heterocycles. The second kappa shape index (κ2) is 6.98. The van der Waals surface area contributed by atoms with Crippen LogP contribution in [0, 0.1) is 13.8 Å². The molecular weight excluding hydrogens is 284 g/mol. The number of benzene rings is 1. The Bertz CT molecular complexity index is 642. The van der Waals surface area contributed by atoms with Crippen molar-refractivity contribution in [3.63, 3.8) is 0 Å². The van der Waals surface area contributed by atoms with Crippen molar-refractivity contribution in [3.05, 3.63) is 41.1 Å². The zero-order valence-electron chi connectivity index (χ0n) is 13.2. The second-order valence-electron chi connectivity index (χ2n) is 4.85. The summed E-state index contributed by atoms with van der Waals surface area (Å²) >= 11 is 0. The van der Waals surface area contributed by atoms with Gasteiger partial charge in [0.25, 0.3) is 5.91 Å². The Balaban J connectivity index is 1.98. The summed E-state index contributed by atoms with van der Waals surface area (Å²) in [6.45, 7) is 4.16. The van der Waals surface area contributed by atoms with E-state index in [0.29, 0.717) is 35.9 Å². The lowest BCUT2D eigenvalue weighted by Crippen LogP contribution is -2.25. The van der Waals surface area contributed by atoms with Gasteiger partial charge in [0.05, 0.1) is 19.9 Å². The number of aryl methyl sites for hydroxylation is 2. The summed E-state index contributed by atoms with van der Waals surface area (Å²) in [4.78, 5) is 16.4. The molecule has 0 unspecified atom stereocenters. The molecule has 22 heavy (non-hydrogen) atoms. The van der Waals surface area contributed by atoms with Crippen LogP contribution in [0.25, 0.3) is 0 Å². The number of oxazole rings is 1. The first-order valence-corrected chi connectivity index (χ1v) is 6.97. The lowest BCUT2D eigenvalue weighted by Gasteiger charge is -2.09. The van der Waals surface area contributed by atoms with Crippen LogP contribution in [0.4, 0.5) is 0 Å². The van der Waals surface area contributed by atoms with Crippen LogP contribution in [-0.4, -0.2) is 31.7 Å². The van der Waals surface area contributed by atoms with E-state index in [1.807, 2.05) is 6.92 Å². The van der Waals surface area contributed by atoms with Crippen molar-refractivity contribution in [1.29, 1.82) is 0 Å². The van der Waals surface area contributed by atoms with Gasteiger partial charge in [0, 0.05) is 31.5 Å². The predicted molar refractivity (Wildman–Crippen MR) is 81.6 cm³/mol. The normalized spacial score (nSPS) is 10.4. The fourth-order valence-corrected chi connectivity index (χ4v) is 2.14. The predicted octanol–water partition coefficient (Wildman–Crippen LogP) is 2.28. The van der Waals surface area contributed by atoms with Gasteiger partial charge in [0.2, 0.25) is 0 Å². The molecule has 0 radical (unpaired) electrons. The third kappa shape index (κ3) is 3.78. The van der Waals surface area contributed by atoms with Crippen molar-refractivity contribution in [2.24, 2.45) is 0 Å².